The first-order valence-corrected chi connectivity index (χ1v) is 9.15. The first-order chi connectivity index (χ1) is 7.33. The number of ether oxygens (including phenoxy) is 1. The molecule has 0 fully saturated rings. The van der Waals surface area contributed by atoms with Crippen LogP contribution >= 0.6 is 0 Å². The summed E-state index contributed by atoms with van der Waals surface area (Å²) in [5, 5.41) is 0.406. The van der Waals surface area contributed by atoms with E-state index in [1.165, 1.54) is 5.56 Å². The Balaban J connectivity index is 2.42. The van der Waals surface area contributed by atoms with Gasteiger partial charge in [-0.15, -0.1) is 0 Å². The van der Waals surface area contributed by atoms with E-state index in [2.05, 4.69) is 58.1 Å². The summed E-state index contributed by atoms with van der Waals surface area (Å²) in [5.41, 5.74) is 1.27. The highest BCUT2D eigenvalue weighted by Crippen LogP contribution is 2.35. The molecule has 1 rings (SSSR count). The SMILES string of the molecule is CC(C)(C)[Si](C)(C)COCc1ccccc1. The minimum Gasteiger partial charge on any atom is -0.380 e. The maximum Gasteiger partial charge on any atom is 0.0829 e. The number of rotatable bonds is 4. The van der Waals surface area contributed by atoms with Crippen molar-refractivity contribution in [1.29, 1.82) is 0 Å². The van der Waals surface area contributed by atoms with Crippen molar-refractivity contribution in [3.63, 3.8) is 0 Å². The Hall–Kier alpha value is -0.603. The van der Waals surface area contributed by atoms with Gasteiger partial charge in [0.1, 0.15) is 0 Å². The molecule has 0 saturated heterocycles. The van der Waals surface area contributed by atoms with E-state index in [1.54, 1.807) is 0 Å². The van der Waals surface area contributed by atoms with Gasteiger partial charge in [0.2, 0.25) is 0 Å². The van der Waals surface area contributed by atoms with Crippen LogP contribution in [0.15, 0.2) is 30.3 Å². The Bertz CT molecular complexity index is 311. The Morgan fingerprint density at radius 3 is 2.12 bits per heavy atom. The molecule has 0 heterocycles. The zero-order valence-electron chi connectivity index (χ0n) is 11.2. The Kier molecular flexibility index (Phi) is 4.33. The lowest BCUT2D eigenvalue weighted by Crippen LogP contribution is -2.42. The fraction of sp³-hybridized carbons (Fsp3) is 0.571. The fourth-order valence-corrected chi connectivity index (χ4v) is 2.26. The first kappa shape index (κ1) is 13.5. The third kappa shape index (κ3) is 3.76. The zero-order valence-corrected chi connectivity index (χ0v) is 12.2. The summed E-state index contributed by atoms with van der Waals surface area (Å²) in [4.78, 5) is 0. The van der Waals surface area contributed by atoms with Gasteiger partial charge in [0, 0.05) is 6.23 Å². The molecule has 0 bridgehead atoms. The van der Waals surface area contributed by atoms with E-state index in [1.807, 2.05) is 6.07 Å². The third-order valence-corrected chi connectivity index (χ3v) is 8.59. The van der Waals surface area contributed by atoms with Crippen LogP contribution in [-0.2, 0) is 11.3 Å². The maximum atomic E-state index is 5.87. The van der Waals surface area contributed by atoms with E-state index in [0.29, 0.717) is 5.04 Å². The third-order valence-electron chi connectivity index (χ3n) is 3.60. The van der Waals surface area contributed by atoms with Crippen molar-refractivity contribution in [3.05, 3.63) is 35.9 Å². The molecule has 0 aromatic heterocycles. The van der Waals surface area contributed by atoms with Gasteiger partial charge in [-0.2, -0.15) is 0 Å². The summed E-state index contributed by atoms with van der Waals surface area (Å²) in [7, 11) is -1.28. The molecule has 0 radical (unpaired) electrons. The van der Waals surface area contributed by atoms with Crippen LogP contribution in [0.4, 0.5) is 0 Å². The molecule has 16 heavy (non-hydrogen) atoms. The molecule has 0 aliphatic carbocycles. The summed E-state index contributed by atoms with van der Waals surface area (Å²) in [6.45, 7) is 12.5. The second-order valence-corrected chi connectivity index (χ2v) is 11.7. The van der Waals surface area contributed by atoms with Crippen molar-refractivity contribution in [3.8, 4) is 0 Å². The van der Waals surface area contributed by atoms with E-state index in [4.69, 9.17) is 4.74 Å². The maximum absolute atomic E-state index is 5.87. The summed E-state index contributed by atoms with van der Waals surface area (Å²) in [6.07, 6.45) is 0.936. The highest BCUT2D eigenvalue weighted by Gasteiger charge is 2.35. The largest absolute Gasteiger partial charge is 0.380 e. The van der Waals surface area contributed by atoms with Crippen molar-refractivity contribution >= 4 is 8.07 Å². The monoisotopic (exact) mass is 236 g/mol. The molecule has 90 valence electrons. The fourth-order valence-electron chi connectivity index (χ4n) is 1.21. The molecular formula is C14H24OSi. The van der Waals surface area contributed by atoms with Crippen LogP contribution in [0.3, 0.4) is 0 Å². The van der Waals surface area contributed by atoms with Gasteiger partial charge in [0.15, 0.2) is 0 Å². The van der Waals surface area contributed by atoms with Crippen LogP contribution in [0, 0.1) is 0 Å². The minimum atomic E-state index is -1.28. The average molecular weight is 236 g/mol. The van der Waals surface area contributed by atoms with Crippen molar-refractivity contribution < 1.29 is 4.74 Å². The quantitative estimate of drug-likeness (QED) is 0.710. The Labute approximate surface area is 101 Å². The Morgan fingerprint density at radius 2 is 1.62 bits per heavy atom. The van der Waals surface area contributed by atoms with Gasteiger partial charge >= 0.3 is 0 Å². The van der Waals surface area contributed by atoms with Crippen molar-refractivity contribution in [2.24, 2.45) is 0 Å². The molecular weight excluding hydrogens is 212 g/mol. The molecule has 0 N–H and O–H groups in total. The van der Waals surface area contributed by atoms with Gasteiger partial charge in [0.25, 0.3) is 0 Å². The topological polar surface area (TPSA) is 9.23 Å². The lowest BCUT2D eigenvalue weighted by atomic mass is 10.2. The molecule has 1 nitrogen and oxygen atoms in total. The molecule has 2 heteroatoms. The molecule has 0 unspecified atom stereocenters. The van der Waals surface area contributed by atoms with Crippen molar-refractivity contribution in [2.45, 2.75) is 45.5 Å². The normalized spacial score (nSPS) is 12.8. The van der Waals surface area contributed by atoms with Crippen LogP contribution in [0.2, 0.25) is 18.1 Å². The van der Waals surface area contributed by atoms with Gasteiger partial charge in [-0.25, -0.2) is 0 Å². The van der Waals surface area contributed by atoms with Crippen molar-refractivity contribution in [2.75, 3.05) is 6.23 Å². The summed E-state index contributed by atoms with van der Waals surface area (Å²) < 4.78 is 5.87. The smallest absolute Gasteiger partial charge is 0.0829 e. The van der Waals surface area contributed by atoms with Crippen LogP contribution in [0.1, 0.15) is 26.3 Å². The molecule has 0 aliphatic rings. The van der Waals surface area contributed by atoms with Gasteiger partial charge in [0.05, 0.1) is 14.7 Å². The van der Waals surface area contributed by atoms with E-state index < -0.39 is 8.07 Å². The second kappa shape index (κ2) is 5.15. The van der Waals surface area contributed by atoms with Crippen LogP contribution < -0.4 is 0 Å². The van der Waals surface area contributed by atoms with Gasteiger partial charge in [-0.05, 0) is 10.6 Å². The number of benzene rings is 1. The molecule has 0 atom stereocenters. The molecule has 0 saturated carbocycles. The number of hydrogen-bond acceptors (Lipinski definition) is 1. The predicted octanol–water partition coefficient (Wildman–Crippen LogP) is 4.25. The lowest BCUT2D eigenvalue weighted by Gasteiger charge is -2.36. The average Bonchev–Trinajstić information content (AvgIpc) is 2.17. The van der Waals surface area contributed by atoms with Crippen LogP contribution in [0.5, 0.6) is 0 Å². The predicted molar refractivity (Wildman–Crippen MR) is 73.3 cm³/mol. The number of hydrogen-bond donors (Lipinski definition) is 0. The highest BCUT2D eigenvalue weighted by atomic mass is 28.3. The Morgan fingerprint density at radius 1 is 1.06 bits per heavy atom. The zero-order chi connectivity index (χ0) is 12.2. The molecule has 0 amide bonds. The van der Waals surface area contributed by atoms with Gasteiger partial charge in [-0.3, -0.25) is 0 Å². The van der Waals surface area contributed by atoms with E-state index >= 15 is 0 Å². The second-order valence-electron chi connectivity index (χ2n) is 6.11. The summed E-state index contributed by atoms with van der Waals surface area (Å²) >= 11 is 0. The minimum absolute atomic E-state index is 0.406. The summed E-state index contributed by atoms with van der Waals surface area (Å²) in [5.74, 6) is 0. The lowest BCUT2D eigenvalue weighted by molar-refractivity contribution is 0.156. The molecule has 1 aromatic rings. The first-order valence-electron chi connectivity index (χ1n) is 5.95. The standard InChI is InChI=1S/C14H24OSi/c1-14(2,3)16(4,5)12-15-11-13-9-7-6-8-10-13/h6-10H,11-12H2,1-5H3. The molecule has 0 aliphatic heterocycles. The molecule has 0 spiro atoms. The van der Waals surface area contributed by atoms with Gasteiger partial charge in [-0.1, -0.05) is 64.2 Å². The van der Waals surface area contributed by atoms with Crippen LogP contribution in [0.25, 0.3) is 0 Å². The van der Waals surface area contributed by atoms with Crippen molar-refractivity contribution in [1.82, 2.24) is 0 Å². The van der Waals surface area contributed by atoms with E-state index in [0.717, 1.165) is 12.8 Å². The van der Waals surface area contributed by atoms with Crippen LogP contribution in [-0.4, -0.2) is 14.3 Å². The summed E-state index contributed by atoms with van der Waals surface area (Å²) in [6, 6.07) is 10.4. The molecule has 1 aromatic carbocycles. The van der Waals surface area contributed by atoms with E-state index in [-0.39, 0.29) is 0 Å². The highest BCUT2D eigenvalue weighted by molar-refractivity contribution is 6.80. The van der Waals surface area contributed by atoms with E-state index in [9.17, 15) is 0 Å². The van der Waals surface area contributed by atoms with Gasteiger partial charge < -0.3 is 4.74 Å².